The number of piperazine rings is 1. The molecule has 2 aliphatic rings. The molecule has 2 aliphatic heterocycles. The van der Waals surface area contributed by atoms with Crippen LogP contribution in [-0.2, 0) is 9.59 Å². The van der Waals surface area contributed by atoms with Crippen LogP contribution in [0.25, 0.3) is 0 Å². The lowest BCUT2D eigenvalue weighted by atomic mass is 10.1. The Hall–Kier alpha value is -1.75. The van der Waals surface area contributed by atoms with Crippen LogP contribution in [0.3, 0.4) is 0 Å². The van der Waals surface area contributed by atoms with Crippen molar-refractivity contribution in [2.45, 2.75) is 6.42 Å². The molecule has 5 nitrogen and oxygen atoms in total. The van der Waals surface area contributed by atoms with Gasteiger partial charge in [-0.25, -0.2) is 0 Å². The minimum Gasteiger partial charge on any atom is -0.367 e. The number of hydrogen-bond acceptors (Lipinski definition) is 3. The average Bonchev–Trinajstić information content (AvgIpc) is 2.94. The second-order valence-electron chi connectivity index (χ2n) is 5.47. The molecule has 0 radical (unpaired) electrons. The molecule has 2 fully saturated rings. The smallest absolute Gasteiger partial charge is 0.228 e. The minimum atomic E-state index is -0.190. The Morgan fingerprint density at radius 2 is 1.90 bits per heavy atom. The van der Waals surface area contributed by atoms with Crippen molar-refractivity contribution in [2.24, 2.45) is 5.92 Å². The van der Waals surface area contributed by atoms with E-state index in [2.05, 4.69) is 10.2 Å². The Morgan fingerprint density at radius 3 is 2.52 bits per heavy atom. The predicted molar refractivity (Wildman–Crippen MR) is 81.4 cm³/mol. The molecule has 1 aromatic carbocycles. The molecule has 0 bridgehead atoms. The lowest BCUT2D eigenvalue weighted by Gasteiger charge is -2.37. The fraction of sp³-hybridized carbons (Fsp3) is 0.467. The summed E-state index contributed by atoms with van der Waals surface area (Å²) in [5.74, 6) is -0.125. The van der Waals surface area contributed by atoms with Crippen LogP contribution in [0.4, 0.5) is 5.69 Å². The van der Waals surface area contributed by atoms with Crippen LogP contribution in [0.1, 0.15) is 6.42 Å². The number of halogens is 1. The molecule has 1 atom stereocenters. The van der Waals surface area contributed by atoms with Crippen molar-refractivity contribution < 1.29 is 9.59 Å². The van der Waals surface area contributed by atoms with Gasteiger partial charge in [-0.15, -0.1) is 0 Å². The van der Waals surface area contributed by atoms with Crippen LogP contribution in [0.15, 0.2) is 24.3 Å². The van der Waals surface area contributed by atoms with Crippen LogP contribution in [0, 0.1) is 5.92 Å². The number of hydrogen-bond donors (Lipinski definition) is 1. The van der Waals surface area contributed by atoms with Crippen molar-refractivity contribution in [3.8, 4) is 0 Å². The van der Waals surface area contributed by atoms with Crippen molar-refractivity contribution in [3.63, 3.8) is 0 Å². The summed E-state index contributed by atoms with van der Waals surface area (Å²) in [6, 6.07) is 7.76. The summed E-state index contributed by atoms with van der Waals surface area (Å²) < 4.78 is 0. The topological polar surface area (TPSA) is 52.7 Å². The first kappa shape index (κ1) is 14.2. The maximum absolute atomic E-state index is 12.3. The van der Waals surface area contributed by atoms with E-state index in [1.165, 1.54) is 0 Å². The molecule has 1 N–H and O–H groups in total. The van der Waals surface area contributed by atoms with Gasteiger partial charge in [-0.1, -0.05) is 23.7 Å². The van der Waals surface area contributed by atoms with Gasteiger partial charge >= 0.3 is 0 Å². The third-order valence-corrected chi connectivity index (χ3v) is 4.43. The van der Waals surface area contributed by atoms with Crippen LogP contribution in [0.2, 0.25) is 5.02 Å². The van der Waals surface area contributed by atoms with E-state index in [0.717, 1.165) is 23.8 Å². The number of carbonyl (C=O) groups excluding carboxylic acids is 2. The predicted octanol–water partition coefficient (Wildman–Crippen LogP) is 1.12. The maximum atomic E-state index is 12.3. The van der Waals surface area contributed by atoms with E-state index in [-0.39, 0.29) is 17.7 Å². The quantitative estimate of drug-likeness (QED) is 0.891. The van der Waals surface area contributed by atoms with Crippen molar-refractivity contribution in [2.75, 3.05) is 37.6 Å². The van der Waals surface area contributed by atoms with E-state index >= 15 is 0 Å². The molecule has 0 aromatic heterocycles. The van der Waals surface area contributed by atoms with Gasteiger partial charge in [-0.05, 0) is 12.1 Å². The first-order chi connectivity index (χ1) is 10.1. The summed E-state index contributed by atoms with van der Waals surface area (Å²) in [7, 11) is 0. The summed E-state index contributed by atoms with van der Waals surface area (Å²) in [5.41, 5.74) is 1.02. The summed E-state index contributed by atoms with van der Waals surface area (Å²) in [4.78, 5) is 27.6. The molecule has 3 rings (SSSR count). The van der Waals surface area contributed by atoms with Gasteiger partial charge in [0.05, 0.1) is 16.6 Å². The molecule has 2 heterocycles. The number of rotatable bonds is 2. The third-order valence-electron chi connectivity index (χ3n) is 4.11. The highest BCUT2D eigenvalue weighted by Crippen LogP contribution is 2.26. The summed E-state index contributed by atoms with van der Waals surface area (Å²) in [5, 5.41) is 3.46. The number of carbonyl (C=O) groups is 2. The highest BCUT2D eigenvalue weighted by atomic mass is 35.5. The lowest BCUT2D eigenvalue weighted by molar-refractivity contribution is -0.136. The van der Waals surface area contributed by atoms with E-state index in [9.17, 15) is 9.59 Å². The van der Waals surface area contributed by atoms with Crippen molar-refractivity contribution >= 4 is 29.1 Å². The van der Waals surface area contributed by atoms with Gasteiger partial charge < -0.3 is 15.1 Å². The monoisotopic (exact) mass is 307 g/mol. The maximum Gasteiger partial charge on any atom is 0.228 e. The Morgan fingerprint density at radius 1 is 1.19 bits per heavy atom. The molecule has 1 aromatic rings. The average molecular weight is 308 g/mol. The molecule has 6 heteroatoms. The molecule has 2 saturated heterocycles. The summed E-state index contributed by atoms with van der Waals surface area (Å²) >= 11 is 6.21. The molecule has 0 spiro atoms. The summed E-state index contributed by atoms with van der Waals surface area (Å²) in [6.07, 6.45) is 0.323. The highest BCUT2D eigenvalue weighted by molar-refractivity contribution is 6.33. The Kier molecular flexibility index (Phi) is 4.01. The molecule has 112 valence electrons. The molecule has 0 aliphatic carbocycles. The van der Waals surface area contributed by atoms with Crippen molar-refractivity contribution in [3.05, 3.63) is 29.3 Å². The minimum absolute atomic E-state index is 0.0250. The fourth-order valence-corrected chi connectivity index (χ4v) is 3.17. The van der Waals surface area contributed by atoms with Gasteiger partial charge in [-0.3, -0.25) is 9.59 Å². The number of nitrogens with one attached hydrogen (secondary N) is 1. The van der Waals surface area contributed by atoms with E-state index in [1.807, 2.05) is 29.2 Å². The third kappa shape index (κ3) is 2.97. The SMILES string of the molecule is O=C1CC(C(=O)N2CCN(c3ccccc3Cl)CC2)CN1. The second-order valence-corrected chi connectivity index (χ2v) is 5.88. The first-order valence-electron chi connectivity index (χ1n) is 7.20. The Bertz CT molecular complexity index is 556. The fourth-order valence-electron chi connectivity index (χ4n) is 2.91. The zero-order valence-corrected chi connectivity index (χ0v) is 12.5. The molecular formula is C15H18ClN3O2. The zero-order valence-electron chi connectivity index (χ0n) is 11.7. The van der Waals surface area contributed by atoms with Gasteiger partial charge in [0, 0.05) is 39.1 Å². The van der Waals surface area contributed by atoms with Crippen LogP contribution < -0.4 is 10.2 Å². The van der Waals surface area contributed by atoms with Gasteiger partial charge in [0.1, 0.15) is 0 Å². The number of anilines is 1. The van der Waals surface area contributed by atoms with Crippen LogP contribution in [0.5, 0.6) is 0 Å². The Balaban J connectivity index is 1.59. The van der Waals surface area contributed by atoms with Crippen molar-refractivity contribution in [1.29, 1.82) is 0 Å². The molecule has 1 unspecified atom stereocenters. The number of para-hydroxylation sites is 1. The highest BCUT2D eigenvalue weighted by Gasteiger charge is 2.32. The van der Waals surface area contributed by atoms with E-state index in [1.54, 1.807) is 0 Å². The zero-order chi connectivity index (χ0) is 14.8. The van der Waals surface area contributed by atoms with Gasteiger partial charge in [0.2, 0.25) is 11.8 Å². The standard InChI is InChI=1S/C15H18ClN3O2/c16-12-3-1-2-4-13(12)18-5-7-19(8-6-18)15(21)11-9-14(20)17-10-11/h1-4,11H,5-10H2,(H,17,20). The van der Waals surface area contributed by atoms with Crippen LogP contribution >= 0.6 is 11.6 Å². The van der Waals surface area contributed by atoms with Crippen molar-refractivity contribution in [1.82, 2.24) is 10.2 Å². The molecular weight excluding hydrogens is 290 g/mol. The number of amides is 2. The molecule has 21 heavy (non-hydrogen) atoms. The van der Waals surface area contributed by atoms with Gasteiger partial charge in [0.15, 0.2) is 0 Å². The number of benzene rings is 1. The van der Waals surface area contributed by atoms with E-state index in [0.29, 0.717) is 26.1 Å². The number of nitrogens with zero attached hydrogens (tertiary/aromatic N) is 2. The first-order valence-corrected chi connectivity index (χ1v) is 7.58. The van der Waals surface area contributed by atoms with Gasteiger partial charge in [-0.2, -0.15) is 0 Å². The van der Waals surface area contributed by atoms with E-state index < -0.39 is 0 Å². The molecule has 0 saturated carbocycles. The second kappa shape index (κ2) is 5.93. The normalized spacial score (nSPS) is 22.3. The van der Waals surface area contributed by atoms with Gasteiger partial charge in [0.25, 0.3) is 0 Å². The molecule has 2 amide bonds. The van der Waals surface area contributed by atoms with Crippen LogP contribution in [-0.4, -0.2) is 49.4 Å². The lowest BCUT2D eigenvalue weighted by Crippen LogP contribution is -2.50. The largest absolute Gasteiger partial charge is 0.367 e. The Labute approximate surface area is 128 Å². The summed E-state index contributed by atoms with van der Waals surface area (Å²) in [6.45, 7) is 3.36. The van der Waals surface area contributed by atoms with E-state index in [4.69, 9.17) is 11.6 Å².